The molecular weight excluding hydrogens is 460 g/mol. The van der Waals surface area contributed by atoms with Crippen LogP contribution in [0, 0.1) is 10.1 Å². The third-order valence-corrected chi connectivity index (χ3v) is 5.79. The Bertz CT molecular complexity index is 1350. The molecule has 1 saturated heterocycles. The number of hydrogen-bond donors (Lipinski definition) is 1. The van der Waals surface area contributed by atoms with E-state index in [1.165, 1.54) is 84.6 Å². The third kappa shape index (κ3) is 4.06. The summed E-state index contributed by atoms with van der Waals surface area (Å²) in [5.74, 6) is -2.36. The first kappa shape index (κ1) is 22.9. The number of non-ortho nitro benzene ring substituents is 1. The predicted octanol–water partition coefficient (Wildman–Crippen LogP) is 5.08. The Balaban J connectivity index is 1.91. The van der Waals surface area contributed by atoms with Gasteiger partial charge in [0.2, 0.25) is 0 Å². The largest absolute Gasteiger partial charge is 0.507 e. The van der Waals surface area contributed by atoms with Crippen LogP contribution in [-0.2, 0) is 9.59 Å². The molecule has 0 aromatic heterocycles. The zero-order chi connectivity index (χ0) is 24.6. The van der Waals surface area contributed by atoms with Crippen molar-refractivity contribution >= 4 is 46.2 Å². The summed E-state index contributed by atoms with van der Waals surface area (Å²) < 4.78 is 0. The number of Topliss-reactive ketones (excluding diaryl/α,β-unsaturated/α-hetero) is 2. The number of carbonyl (C=O) groups excluding carboxylic acids is 3. The smallest absolute Gasteiger partial charge is 0.300 e. The summed E-state index contributed by atoms with van der Waals surface area (Å²) in [6.07, 6.45) is 0. The SMILES string of the molecule is CC(=O)c1ccc(N2C(=O)C(=O)C(=C(O)c3ccc(Cl)cc3)C2c2ccc([N+](=O)[O-])cc2)cc1. The van der Waals surface area contributed by atoms with Crippen LogP contribution < -0.4 is 4.90 Å². The van der Waals surface area contributed by atoms with Crippen LogP contribution >= 0.6 is 11.6 Å². The summed E-state index contributed by atoms with van der Waals surface area (Å²) in [6.45, 7) is 1.41. The highest BCUT2D eigenvalue weighted by Gasteiger charge is 2.47. The van der Waals surface area contributed by atoms with Gasteiger partial charge < -0.3 is 5.11 Å². The van der Waals surface area contributed by atoms with Gasteiger partial charge in [-0.25, -0.2) is 0 Å². The quantitative estimate of drug-likeness (QED) is 0.137. The molecule has 1 N–H and O–H groups in total. The molecule has 1 aliphatic heterocycles. The van der Waals surface area contributed by atoms with Crippen LogP contribution in [0.2, 0.25) is 5.02 Å². The van der Waals surface area contributed by atoms with Gasteiger partial charge >= 0.3 is 0 Å². The van der Waals surface area contributed by atoms with Crippen molar-refractivity contribution in [2.45, 2.75) is 13.0 Å². The first-order valence-corrected chi connectivity index (χ1v) is 10.5. The molecule has 3 aromatic carbocycles. The second-order valence-electron chi connectivity index (χ2n) is 7.63. The van der Waals surface area contributed by atoms with Crippen LogP contribution in [0.15, 0.2) is 78.4 Å². The van der Waals surface area contributed by atoms with Gasteiger partial charge in [-0.1, -0.05) is 11.6 Å². The summed E-state index contributed by atoms with van der Waals surface area (Å²) in [4.78, 5) is 49.6. The first-order valence-electron chi connectivity index (χ1n) is 10.1. The normalized spacial score (nSPS) is 17.1. The van der Waals surface area contributed by atoms with Crippen LogP contribution in [0.4, 0.5) is 11.4 Å². The van der Waals surface area contributed by atoms with Crippen molar-refractivity contribution in [3.63, 3.8) is 0 Å². The Labute approximate surface area is 198 Å². The highest BCUT2D eigenvalue weighted by molar-refractivity contribution is 6.51. The molecule has 0 radical (unpaired) electrons. The first-order chi connectivity index (χ1) is 16.2. The fourth-order valence-electron chi connectivity index (χ4n) is 3.81. The van der Waals surface area contributed by atoms with Crippen LogP contribution in [0.25, 0.3) is 5.76 Å². The van der Waals surface area contributed by atoms with Crippen molar-refractivity contribution in [3.8, 4) is 0 Å². The van der Waals surface area contributed by atoms with Gasteiger partial charge in [-0.05, 0) is 73.2 Å². The number of benzene rings is 3. The van der Waals surface area contributed by atoms with Crippen molar-refractivity contribution in [1.29, 1.82) is 0 Å². The van der Waals surface area contributed by atoms with Gasteiger partial charge in [-0.3, -0.25) is 29.4 Å². The van der Waals surface area contributed by atoms with E-state index in [0.717, 1.165) is 0 Å². The van der Waals surface area contributed by atoms with Crippen LogP contribution in [-0.4, -0.2) is 27.5 Å². The number of anilines is 1. The second-order valence-corrected chi connectivity index (χ2v) is 8.06. The van der Waals surface area contributed by atoms with Gasteiger partial charge in [0.05, 0.1) is 16.5 Å². The predicted molar refractivity (Wildman–Crippen MR) is 126 cm³/mol. The highest BCUT2D eigenvalue weighted by atomic mass is 35.5. The van der Waals surface area contributed by atoms with E-state index in [0.29, 0.717) is 21.8 Å². The molecule has 1 amide bonds. The molecule has 1 unspecified atom stereocenters. The molecular formula is C25H17ClN2O6. The van der Waals surface area contributed by atoms with Gasteiger partial charge in [0, 0.05) is 34.0 Å². The maximum atomic E-state index is 13.1. The van der Waals surface area contributed by atoms with E-state index in [1.807, 2.05) is 0 Å². The Morgan fingerprint density at radius 2 is 1.50 bits per heavy atom. The zero-order valence-electron chi connectivity index (χ0n) is 17.8. The number of amides is 1. The van der Waals surface area contributed by atoms with E-state index in [4.69, 9.17) is 11.6 Å². The number of ketones is 2. The molecule has 1 fully saturated rings. The number of hydrogen-bond acceptors (Lipinski definition) is 6. The number of aliphatic hydroxyl groups is 1. The Morgan fingerprint density at radius 1 is 0.941 bits per heavy atom. The van der Waals surface area contributed by atoms with Crippen molar-refractivity contribution in [2.75, 3.05) is 4.90 Å². The average Bonchev–Trinajstić information content (AvgIpc) is 3.09. The zero-order valence-corrected chi connectivity index (χ0v) is 18.5. The van der Waals surface area contributed by atoms with Crippen molar-refractivity contribution in [2.24, 2.45) is 0 Å². The number of carbonyl (C=O) groups is 3. The summed E-state index contributed by atoms with van der Waals surface area (Å²) in [5, 5.41) is 22.6. The number of halogens is 1. The van der Waals surface area contributed by atoms with Gasteiger partial charge in [0.25, 0.3) is 17.4 Å². The molecule has 1 atom stereocenters. The van der Waals surface area contributed by atoms with Crippen molar-refractivity contribution < 1.29 is 24.4 Å². The fraction of sp³-hybridized carbons (Fsp3) is 0.0800. The van der Waals surface area contributed by atoms with E-state index in [-0.39, 0.29) is 22.6 Å². The van der Waals surface area contributed by atoms with E-state index < -0.39 is 28.4 Å². The topological polar surface area (TPSA) is 118 Å². The van der Waals surface area contributed by atoms with Crippen LogP contribution in [0.3, 0.4) is 0 Å². The Morgan fingerprint density at radius 3 is 2.03 bits per heavy atom. The van der Waals surface area contributed by atoms with E-state index in [1.54, 1.807) is 0 Å². The Hall–Kier alpha value is -4.30. The molecule has 3 aromatic rings. The van der Waals surface area contributed by atoms with Gasteiger partial charge in [-0.2, -0.15) is 0 Å². The van der Waals surface area contributed by atoms with Crippen molar-refractivity contribution in [3.05, 3.63) is 110 Å². The number of nitrogens with zero attached hydrogens (tertiary/aromatic N) is 2. The number of rotatable bonds is 5. The molecule has 8 nitrogen and oxygen atoms in total. The monoisotopic (exact) mass is 476 g/mol. The Kier molecular flexibility index (Phi) is 6.00. The minimum Gasteiger partial charge on any atom is -0.507 e. The molecule has 170 valence electrons. The molecule has 9 heteroatoms. The lowest BCUT2D eigenvalue weighted by Gasteiger charge is -2.25. The molecule has 0 spiro atoms. The van der Waals surface area contributed by atoms with E-state index in [2.05, 4.69) is 0 Å². The molecule has 1 aliphatic rings. The number of nitro benzene ring substituents is 1. The minimum atomic E-state index is -1.06. The summed E-state index contributed by atoms with van der Waals surface area (Å²) >= 11 is 5.92. The average molecular weight is 477 g/mol. The lowest BCUT2D eigenvalue weighted by molar-refractivity contribution is -0.384. The molecule has 0 bridgehead atoms. The summed E-state index contributed by atoms with van der Waals surface area (Å²) in [7, 11) is 0. The van der Waals surface area contributed by atoms with Gasteiger partial charge in [0.1, 0.15) is 5.76 Å². The van der Waals surface area contributed by atoms with E-state index in [9.17, 15) is 29.6 Å². The van der Waals surface area contributed by atoms with Gasteiger partial charge in [0.15, 0.2) is 5.78 Å². The number of nitro groups is 1. The molecule has 0 saturated carbocycles. The molecule has 1 heterocycles. The molecule has 34 heavy (non-hydrogen) atoms. The van der Waals surface area contributed by atoms with Crippen molar-refractivity contribution in [1.82, 2.24) is 0 Å². The summed E-state index contributed by atoms with van der Waals surface area (Å²) in [5.41, 5.74) is 1.08. The minimum absolute atomic E-state index is 0.163. The highest BCUT2D eigenvalue weighted by Crippen LogP contribution is 2.42. The van der Waals surface area contributed by atoms with Gasteiger partial charge in [-0.15, -0.1) is 0 Å². The lowest BCUT2D eigenvalue weighted by Crippen LogP contribution is -2.29. The lowest BCUT2D eigenvalue weighted by atomic mass is 9.95. The second kappa shape index (κ2) is 8.92. The molecule has 0 aliphatic carbocycles. The van der Waals surface area contributed by atoms with E-state index >= 15 is 0 Å². The molecule has 4 rings (SSSR count). The summed E-state index contributed by atoms with van der Waals surface area (Å²) in [6, 6.07) is 16.5. The fourth-order valence-corrected chi connectivity index (χ4v) is 3.94. The van der Waals surface area contributed by atoms with Crippen LogP contribution in [0.1, 0.15) is 34.5 Å². The standard InChI is InChI=1S/C25H17ClN2O6/c1-14(29)15-4-10-19(11-5-15)27-22(16-6-12-20(13-7-16)28(33)34)21(24(31)25(27)32)23(30)17-2-8-18(26)9-3-17/h2-13,22,30H,1H3. The maximum Gasteiger partial charge on any atom is 0.300 e. The number of aliphatic hydroxyl groups excluding tert-OH is 1. The maximum absolute atomic E-state index is 13.1. The third-order valence-electron chi connectivity index (χ3n) is 5.53. The van der Waals surface area contributed by atoms with Crippen LogP contribution in [0.5, 0.6) is 0 Å².